The summed E-state index contributed by atoms with van der Waals surface area (Å²) in [6.45, 7) is 1.70. The molecule has 6 heteroatoms. The van der Waals surface area contributed by atoms with Crippen molar-refractivity contribution < 1.29 is 23.8 Å². The Morgan fingerprint density at radius 3 is 2.64 bits per heavy atom. The summed E-state index contributed by atoms with van der Waals surface area (Å²) in [5.74, 6) is 1.78. The highest BCUT2D eigenvalue weighted by molar-refractivity contribution is 6.07. The van der Waals surface area contributed by atoms with Gasteiger partial charge in [-0.25, -0.2) is 0 Å². The van der Waals surface area contributed by atoms with E-state index >= 15 is 0 Å². The van der Waals surface area contributed by atoms with Crippen LogP contribution in [-0.4, -0.2) is 38.6 Å². The molecule has 6 nitrogen and oxygen atoms in total. The Balaban J connectivity index is 1.50. The highest BCUT2D eigenvalue weighted by Gasteiger charge is 2.21. The molecule has 28 heavy (non-hydrogen) atoms. The summed E-state index contributed by atoms with van der Waals surface area (Å²) in [7, 11) is 1.57. The predicted molar refractivity (Wildman–Crippen MR) is 105 cm³/mol. The number of benzene rings is 2. The molecule has 0 unspecified atom stereocenters. The van der Waals surface area contributed by atoms with Crippen LogP contribution < -0.4 is 19.1 Å². The van der Waals surface area contributed by atoms with E-state index in [0.29, 0.717) is 42.4 Å². The molecule has 1 saturated heterocycles. The number of hydrogen-bond donors (Lipinski definition) is 0. The molecule has 0 N–H and O–H groups in total. The largest absolute Gasteiger partial charge is 0.493 e. The summed E-state index contributed by atoms with van der Waals surface area (Å²) >= 11 is 0. The number of amides is 1. The number of methoxy groups -OCH3 is 1. The first kappa shape index (κ1) is 18.1. The number of ketones is 1. The molecule has 2 aromatic rings. The van der Waals surface area contributed by atoms with Gasteiger partial charge in [-0.05, 0) is 54.5 Å². The molecule has 1 amide bonds. The van der Waals surface area contributed by atoms with Crippen molar-refractivity contribution >= 4 is 23.5 Å². The molecule has 0 saturated carbocycles. The van der Waals surface area contributed by atoms with Crippen molar-refractivity contribution in [1.29, 1.82) is 0 Å². The molecular formula is C22H21NO5. The average Bonchev–Trinajstić information content (AvgIpc) is 3.17. The number of nitrogens with zero attached hydrogens (tertiary/aromatic N) is 1. The monoisotopic (exact) mass is 379 g/mol. The molecular weight excluding hydrogens is 358 g/mol. The van der Waals surface area contributed by atoms with Crippen LogP contribution in [0.15, 0.2) is 42.5 Å². The molecule has 1 fully saturated rings. The van der Waals surface area contributed by atoms with E-state index in [1.807, 2.05) is 18.2 Å². The van der Waals surface area contributed by atoms with E-state index < -0.39 is 0 Å². The summed E-state index contributed by atoms with van der Waals surface area (Å²) in [6.07, 6.45) is 4.70. The third kappa shape index (κ3) is 3.58. The van der Waals surface area contributed by atoms with Crippen LogP contribution >= 0.6 is 0 Å². The first-order valence-electron chi connectivity index (χ1n) is 9.26. The molecule has 2 aliphatic rings. The van der Waals surface area contributed by atoms with E-state index in [1.54, 1.807) is 36.3 Å². The molecule has 4 rings (SSSR count). The van der Waals surface area contributed by atoms with E-state index in [9.17, 15) is 9.59 Å². The molecule has 2 aromatic carbocycles. The summed E-state index contributed by atoms with van der Waals surface area (Å²) in [5, 5.41) is 0. The number of carbonyl (C=O) groups excluding carboxylic acids is 2. The summed E-state index contributed by atoms with van der Waals surface area (Å²) in [6, 6.07) is 10.8. The summed E-state index contributed by atoms with van der Waals surface area (Å²) < 4.78 is 16.6. The fraction of sp³-hybridized carbons (Fsp3) is 0.273. The van der Waals surface area contributed by atoms with Gasteiger partial charge in [0.05, 0.1) is 7.11 Å². The molecule has 144 valence electrons. The van der Waals surface area contributed by atoms with E-state index in [2.05, 4.69) is 0 Å². The second-order valence-electron chi connectivity index (χ2n) is 6.64. The minimum absolute atomic E-state index is 0.117. The van der Waals surface area contributed by atoms with Gasteiger partial charge < -0.3 is 19.1 Å². The van der Waals surface area contributed by atoms with Gasteiger partial charge in [-0.15, -0.1) is 0 Å². The first-order chi connectivity index (χ1) is 13.7. The second kappa shape index (κ2) is 7.76. The van der Waals surface area contributed by atoms with E-state index in [1.165, 1.54) is 6.08 Å². The topological polar surface area (TPSA) is 65.1 Å². The maximum Gasteiger partial charge on any atom is 0.227 e. The molecule has 0 aromatic heterocycles. The van der Waals surface area contributed by atoms with Crippen molar-refractivity contribution in [1.82, 2.24) is 0 Å². The zero-order chi connectivity index (χ0) is 19.5. The summed E-state index contributed by atoms with van der Waals surface area (Å²) in [4.78, 5) is 26.1. The van der Waals surface area contributed by atoms with Gasteiger partial charge in [0.15, 0.2) is 17.3 Å². The van der Waals surface area contributed by atoms with Gasteiger partial charge in [0.2, 0.25) is 11.7 Å². The summed E-state index contributed by atoms with van der Waals surface area (Å²) in [5.41, 5.74) is 2.18. The quantitative estimate of drug-likeness (QED) is 0.588. The fourth-order valence-corrected chi connectivity index (χ4v) is 3.38. The highest BCUT2D eigenvalue weighted by Crippen LogP contribution is 2.40. The zero-order valence-electron chi connectivity index (χ0n) is 15.6. The third-order valence-corrected chi connectivity index (χ3v) is 4.81. The van der Waals surface area contributed by atoms with Crippen LogP contribution in [0.25, 0.3) is 6.08 Å². The number of anilines is 1. The zero-order valence-corrected chi connectivity index (χ0v) is 15.6. The molecule has 0 bridgehead atoms. The number of ether oxygens (including phenoxy) is 3. The van der Waals surface area contributed by atoms with Crippen LogP contribution in [0.3, 0.4) is 0 Å². The standard InChI is InChI=1S/C22H21NO5/c1-26-19-13-15(14-20-22(19)28-12-11-27-20)4-9-18(24)16-5-7-17(8-6-16)23-10-2-3-21(23)25/h4-9,13-14H,2-3,10-12H2,1H3/b9-4+. The Labute approximate surface area is 163 Å². The number of fused-ring (bicyclic) bond motifs is 1. The van der Waals surface area contributed by atoms with Crippen molar-refractivity contribution in [3.8, 4) is 17.2 Å². The normalized spacial score (nSPS) is 15.9. The van der Waals surface area contributed by atoms with Crippen molar-refractivity contribution in [2.45, 2.75) is 12.8 Å². The van der Waals surface area contributed by atoms with Gasteiger partial charge in [0, 0.05) is 24.2 Å². The Morgan fingerprint density at radius 1 is 1.14 bits per heavy atom. The van der Waals surface area contributed by atoms with Crippen LogP contribution in [0.2, 0.25) is 0 Å². The Kier molecular flexibility index (Phi) is 5.02. The van der Waals surface area contributed by atoms with Crippen LogP contribution in [0.5, 0.6) is 17.2 Å². The predicted octanol–water partition coefficient (Wildman–Crippen LogP) is 3.49. The van der Waals surface area contributed by atoms with Crippen molar-refractivity contribution in [2.24, 2.45) is 0 Å². The first-order valence-corrected chi connectivity index (χ1v) is 9.26. The lowest BCUT2D eigenvalue weighted by Crippen LogP contribution is -2.23. The number of hydrogen-bond acceptors (Lipinski definition) is 5. The maximum absolute atomic E-state index is 12.5. The van der Waals surface area contributed by atoms with E-state index in [4.69, 9.17) is 14.2 Å². The van der Waals surface area contributed by atoms with Crippen molar-refractivity contribution in [3.05, 3.63) is 53.6 Å². The van der Waals surface area contributed by atoms with Gasteiger partial charge >= 0.3 is 0 Å². The lowest BCUT2D eigenvalue weighted by molar-refractivity contribution is -0.117. The van der Waals surface area contributed by atoms with E-state index in [0.717, 1.165) is 24.2 Å². The second-order valence-corrected chi connectivity index (χ2v) is 6.64. The van der Waals surface area contributed by atoms with Gasteiger partial charge in [0.25, 0.3) is 0 Å². The molecule has 2 heterocycles. The smallest absolute Gasteiger partial charge is 0.227 e. The van der Waals surface area contributed by atoms with Gasteiger partial charge in [0.1, 0.15) is 13.2 Å². The number of rotatable bonds is 5. The fourth-order valence-electron chi connectivity index (χ4n) is 3.38. The van der Waals surface area contributed by atoms with Gasteiger partial charge in [-0.3, -0.25) is 9.59 Å². The third-order valence-electron chi connectivity index (χ3n) is 4.81. The van der Waals surface area contributed by atoms with Crippen LogP contribution in [0.4, 0.5) is 5.69 Å². The highest BCUT2D eigenvalue weighted by atomic mass is 16.6. The van der Waals surface area contributed by atoms with Crippen LogP contribution in [0.1, 0.15) is 28.8 Å². The van der Waals surface area contributed by atoms with Crippen molar-refractivity contribution in [3.63, 3.8) is 0 Å². The maximum atomic E-state index is 12.5. The molecule has 0 spiro atoms. The van der Waals surface area contributed by atoms with Crippen LogP contribution in [-0.2, 0) is 4.79 Å². The Morgan fingerprint density at radius 2 is 1.93 bits per heavy atom. The lowest BCUT2D eigenvalue weighted by atomic mass is 10.1. The SMILES string of the molecule is COc1cc(/C=C/C(=O)c2ccc(N3CCCC3=O)cc2)cc2c1OCCO2. The number of allylic oxidation sites excluding steroid dienone is 1. The van der Waals surface area contributed by atoms with Crippen LogP contribution in [0, 0.1) is 0 Å². The molecule has 0 atom stereocenters. The van der Waals surface area contributed by atoms with E-state index in [-0.39, 0.29) is 11.7 Å². The van der Waals surface area contributed by atoms with Gasteiger partial charge in [-0.1, -0.05) is 6.08 Å². The molecule has 0 radical (unpaired) electrons. The van der Waals surface area contributed by atoms with Crippen molar-refractivity contribution in [2.75, 3.05) is 31.8 Å². The minimum Gasteiger partial charge on any atom is -0.493 e. The van der Waals surface area contributed by atoms with Gasteiger partial charge in [-0.2, -0.15) is 0 Å². The Hall–Kier alpha value is -3.28. The minimum atomic E-state index is -0.117. The molecule has 2 aliphatic heterocycles. The molecule has 0 aliphatic carbocycles. The average molecular weight is 379 g/mol. The Bertz CT molecular complexity index is 915. The number of carbonyl (C=O) groups is 2. The lowest BCUT2D eigenvalue weighted by Gasteiger charge is -2.20.